The Morgan fingerprint density at radius 3 is 2.88 bits per heavy atom. The number of hydrogen-bond donors (Lipinski definition) is 1. The first-order valence-corrected chi connectivity index (χ1v) is 8.77. The van der Waals surface area contributed by atoms with Crippen LogP contribution in [0, 0.1) is 11.3 Å². The lowest BCUT2D eigenvalue weighted by molar-refractivity contribution is 0.353. The van der Waals surface area contributed by atoms with Gasteiger partial charge in [0, 0.05) is 5.75 Å². The van der Waals surface area contributed by atoms with Crippen molar-refractivity contribution in [2.24, 2.45) is 0 Å². The molecule has 0 saturated heterocycles. The number of fused-ring (bicyclic) bond motifs is 1. The summed E-state index contributed by atoms with van der Waals surface area (Å²) in [6, 6.07) is 5.68. The Kier molecular flexibility index (Phi) is 4.96. The summed E-state index contributed by atoms with van der Waals surface area (Å²) in [4.78, 5) is 19.0. The number of hydrogen-bond acceptors (Lipinski definition) is 7. The van der Waals surface area contributed by atoms with E-state index in [1.807, 2.05) is 18.2 Å². The van der Waals surface area contributed by atoms with Crippen molar-refractivity contribution in [2.75, 3.05) is 14.2 Å². The van der Waals surface area contributed by atoms with Crippen LogP contribution in [-0.4, -0.2) is 33.8 Å². The molecule has 10 heteroatoms. The van der Waals surface area contributed by atoms with Gasteiger partial charge in [-0.15, -0.1) is 0 Å². The zero-order valence-corrected chi connectivity index (χ0v) is 15.6. The van der Waals surface area contributed by atoms with E-state index in [2.05, 4.69) is 31.0 Å². The minimum absolute atomic E-state index is 0.236. The second-order valence-corrected chi connectivity index (χ2v) is 6.57. The fourth-order valence-electron chi connectivity index (χ4n) is 2.20. The van der Waals surface area contributed by atoms with Crippen molar-refractivity contribution in [3.63, 3.8) is 0 Å². The Hall–Kier alpha value is -2.51. The molecule has 0 radical (unpaired) electrons. The van der Waals surface area contributed by atoms with E-state index in [0.717, 1.165) is 14.6 Å². The molecule has 25 heavy (non-hydrogen) atoms. The molecule has 0 bridgehead atoms. The highest BCUT2D eigenvalue weighted by molar-refractivity contribution is 9.10. The summed E-state index contributed by atoms with van der Waals surface area (Å²) < 4.78 is 12.4. The Balaban J connectivity index is 1.91. The number of nitrogens with zero attached hydrogens (tertiary/aromatic N) is 4. The quantitative estimate of drug-likeness (QED) is 0.630. The number of methoxy groups -OCH3 is 2. The smallest absolute Gasteiger partial charge is 0.350 e. The molecule has 3 aromatic rings. The molecule has 8 nitrogen and oxygen atoms in total. The topological polar surface area (TPSA) is 105 Å². The lowest BCUT2D eigenvalue weighted by Crippen LogP contribution is -2.19. The summed E-state index contributed by atoms with van der Waals surface area (Å²) in [7, 11) is 3.14. The number of nitrogens with one attached hydrogen (secondary N) is 1. The normalized spacial score (nSPS) is 10.6. The number of nitriles is 1. The summed E-state index contributed by atoms with van der Waals surface area (Å²) in [5.74, 6) is 1.74. The van der Waals surface area contributed by atoms with Crippen LogP contribution >= 0.6 is 27.7 Å². The van der Waals surface area contributed by atoms with Gasteiger partial charge in [-0.05, 0) is 27.6 Å². The zero-order valence-electron chi connectivity index (χ0n) is 13.2. The monoisotopic (exact) mass is 421 g/mol. The van der Waals surface area contributed by atoms with E-state index in [9.17, 15) is 4.79 Å². The third kappa shape index (κ3) is 3.20. The summed E-state index contributed by atoms with van der Waals surface area (Å²) in [6.45, 7) is 0. The van der Waals surface area contributed by atoms with E-state index in [-0.39, 0.29) is 11.2 Å². The average Bonchev–Trinajstić information content (AvgIpc) is 3.04. The Labute approximate surface area is 154 Å². The predicted octanol–water partition coefficient (Wildman–Crippen LogP) is 2.36. The number of aromatic nitrogens is 4. The van der Waals surface area contributed by atoms with Crippen LogP contribution < -0.4 is 15.2 Å². The molecule has 0 atom stereocenters. The van der Waals surface area contributed by atoms with E-state index < -0.39 is 5.69 Å². The highest BCUT2D eigenvalue weighted by atomic mass is 79.9. The second-order valence-electron chi connectivity index (χ2n) is 4.82. The highest BCUT2D eigenvalue weighted by Crippen LogP contribution is 2.39. The molecule has 0 amide bonds. The van der Waals surface area contributed by atoms with Crippen molar-refractivity contribution >= 4 is 33.3 Å². The lowest BCUT2D eigenvalue weighted by Gasteiger charge is -2.12. The van der Waals surface area contributed by atoms with Crippen molar-refractivity contribution in [1.82, 2.24) is 19.6 Å². The molecule has 2 heterocycles. The maximum absolute atomic E-state index is 12.0. The SMILES string of the molecule is COc1ccc(CSc2nc3c(C#N)cnn3c(=O)[nH]2)c(Br)c1OC. The molecule has 0 fully saturated rings. The molecule has 0 spiro atoms. The van der Waals surface area contributed by atoms with Crippen LogP contribution in [0.3, 0.4) is 0 Å². The van der Waals surface area contributed by atoms with Crippen LogP contribution in [0.2, 0.25) is 0 Å². The molecule has 0 saturated carbocycles. The van der Waals surface area contributed by atoms with Gasteiger partial charge in [-0.2, -0.15) is 14.9 Å². The molecule has 1 N–H and O–H groups in total. The van der Waals surface area contributed by atoms with E-state index in [1.54, 1.807) is 14.2 Å². The third-order valence-electron chi connectivity index (χ3n) is 3.41. The third-order valence-corrected chi connectivity index (χ3v) is 5.20. The van der Waals surface area contributed by atoms with Gasteiger partial charge < -0.3 is 9.47 Å². The van der Waals surface area contributed by atoms with Gasteiger partial charge in [0.05, 0.1) is 24.9 Å². The van der Waals surface area contributed by atoms with Crippen molar-refractivity contribution in [3.05, 3.63) is 44.4 Å². The number of benzene rings is 1. The minimum Gasteiger partial charge on any atom is -0.493 e. The largest absolute Gasteiger partial charge is 0.493 e. The van der Waals surface area contributed by atoms with Gasteiger partial charge in [0.25, 0.3) is 0 Å². The number of H-pyrrole nitrogens is 1. The first kappa shape index (κ1) is 17.3. The van der Waals surface area contributed by atoms with Gasteiger partial charge in [-0.1, -0.05) is 17.8 Å². The van der Waals surface area contributed by atoms with Crippen molar-refractivity contribution in [3.8, 4) is 17.6 Å². The lowest BCUT2D eigenvalue weighted by atomic mass is 10.2. The highest BCUT2D eigenvalue weighted by Gasteiger charge is 2.14. The average molecular weight is 422 g/mol. The fourth-order valence-corrected chi connectivity index (χ4v) is 3.86. The summed E-state index contributed by atoms with van der Waals surface area (Å²) >= 11 is 4.84. The standard InChI is InChI=1S/C15H12BrN5O3S/c1-23-10-4-3-8(11(16)12(10)24-2)7-25-14-19-13-9(5-17)6-18-21(13)15(22)20-14/h3-4,6H,7H2,1-2H3,(H,19,20,22). The van der Waals surface area contributed by atoms with E-state index >= 15 is 0 Å². The van der Waals surface area contributed by atoms with E-state index in [4.69, 9.17) is 14.7 Å². The van der Waals surface area contributed by atoms with E-state index in [0.29, 0.717) is 22.4 Å². The van der Waals surface area contributed by atoms with Crippen LogP contribution in [0.15, 0.2) is 32.8 Å². The number of rotatable bonds is 5. The number of halogens is 1. The van der Waals surface area contributed by atoms with Crippen molar-refractivity contribution in [1.29, 1.82) is 5.26 Å². The number of aromatic amines is 1. The molecule has 128 valence electrons. The van der Waals surface area contributed by atoms with Gasteiger partial charge in [0.1, 0.15) is 11.6 Å². The molecular formula is C15H12BrN5O3S. The molecule has 0 unspecified atom stereocenters. The van der Waals surface area contributed by atoms with Crippen LogP contribution in [0.5, 0.6) is 11.5 Å². The second kappa shape index (κ2) is 7.16. The summed E-state index contributed by atoms with van der Waals surface area (Å²) in [6.07, 6.45) is 1.32. The Morgan fingerprint density at radius 2 is 2.20 bits per heavy atom. The maximum atomic E-state index is 12.0. The van der Waals surface area contributed by atoms with Crippen LogP contribution in [0.4, 0.5) is 0 Å². The molecular weight excluding hydrogens is 410 g/mol. The van der Waals surface area contributed by atoms with Gasteiger partial charge >= 0.3 is 5.69 Å². The molecule has 0 aliphatic rings. The molecule has 0 aliphatic carbocycles. The molecule has 2 aromatic heterocycles. The summed E-state index contributed by atoms with van der Waals surface area (Å²) in [5, 5.41) is 13.3. The summed E-state index contributed by atoms with van der Waals surface area (Å²) in [5.41, 5.74) is 0.986. The van der Waals surface area contributed by atoms with Crippen LogP contribution in [0.1, 0.15) is 11.1 Å². The predicted molar refractivity (Wildman–Crippen MR) is 95.1 cm³/mol. The Morgan fingerprint density at radius 1 is 1.40 bits per heavy atom. The minimum atomic E-state index is -0.444. The van der Waals surface area contributed by atoms with Gasteiger partial charge in [0.15, 0.2) is 22.3 Å². The van der Waals surface area contributed by atoms with Crippen molar-refractivity contribution in [2.45, 2.75) is 10.9 Å². The van der Waals surface area contributed by atoms with Crippen LogP contribution in [0.25, 0.3) is 5.65 Å². The Bertz CT molecular complexity index is 1040. The first-order valence-electron chi connectivity index (χ1n) is 6.99. The number of ether oxygens (including phenoxy) is 2. The van der Waals surface area contributed by atoms with Gasteiger partial charge in [-0.3, -0.25) is 4.98 Å². The molecule has 0 aliphatic heterocycles. The van der Waals surface area contributed by atoms with Crippen LogP contribution in [-0.2, 0) is 5.75 Å². The zero-order chi connectivity index (χ0) is 18.0. The van der Waals surface area contributed by atoms with Gasteiger partial charge in [-0.25, -0.2) is 9.78 Å². The fraction of sp³-hybridized carbons (Fsp3) is 0.200. The number of thioether (sulfide) groups is 1. The molecule has 3 rings (SSSR count). The van der Waals surface area contributed by atoms with E-state index in [1.165, 1.54) is 18.0 Å². The maximum Gasteiger partial charge on any atom is 0.350 e. The van der Waals surface area contributed by atoms with Gasteiger partial charge in [0.2, 0.25) is 0 Å². The molecule has 1 aromatic carbocycles. The first-order chi connectivity index (χ1) is 12.1. The van der Waals surface area contributed by atoms with Crippen molar-refractivity contribution < 1.29 is 9.47 Å².